The molecule has 0 aromatic heterocycles. The summed E-state index contributed by atoms with van der Waals surface area (Å²) in [4.78, 5) is 26.9. The minimum atomic E-state index is 0.182. The van der Waals surface area contributed by atoms with Crippen LogP contribution >= 0.6 is 11.8 Å². The van der Waals surface area contributed by atoms with Crippen molar-refractivity contribution < 1.29 is 9.59 Å². The highest BCUT2D eigenvalue weighted by atomic mass is 32.2. The fraction of sp³-hybridized carbons (Fsp3) is 0.833. The Labute approximate surface area is 108 Å². The van der Waals surface area contributed by atoms with Crippen LogP contribution in [-0.4, -0.2) is 60.3 Å². The summed E-state index contributed by atoms with van der Waals surface area (Å²) >= 11 is 1.68. The molecule has 5 heteroatoms. The molecule has 1 heterocycles. The topological polar surface area (TPSA) is 40.6 Å². The number of hydrogen-bond acceptors (Lipinski definition) is 3. The molecule has 0 bridgehead atoms. The molecule has 0 aromatic rings. The van der Waals surface area contributed by atoms with Gasteiger partial charge in [-0.2, -0.15) is 11.8 Å². The van der Waals surface area contributed by atoms with E-state index in [0.29, 0.717) is 25.3 Å². The van der Waals surface area contributed by atoms with Gasteiger partial charge < -0.3 is 9.80 Å². The summed E-state index contributed by atoms with van der Waals surface area (Å²) < 4.78 is 0. The summed E-state index contributed by atoms with van der Waals surface area (Å²) in [6.07, 6.45) is 3.19. The lowest BCUT2D eigenvalue weighted by Crippen LogP contribution is -2.33. The van der Waals surface area contributed by atoms with Gasteiger partial charge in [-0.05, 0) is 13.2 Å². The standard InChI is InChI=1S/C12H22N2O2S/c1-4-14-9-10(7-12(14)16)8-13(2)11(15)5-6-17-3/h10H,4-9H2,1-3H3. The van der Waals surface area contributed by atoms with Gasteiger partial charge in [0.2, 0.25) is 11.8 Å². The van der Waals surface area contributed by atoms with Crippen molar-refractivity contribution in [3.63, 3.8) is 0 Å². The molecule has 1 unspecified atom stereocenters. The Balaban J connectivity index is 2.34. The summed E-state index contributed by atoms with van der Waals surface area (Å²) in [6.45, 7) is 4.28. The SMILES string of the molecule is CCN1CC(CN(C)C(=O)CCSC)CC1=O. The van der Waals surface area contributed by atoms with Crippen molar-refractivity contribution >= 4 is 23.6 Å². The number of carbonyl (C=O) groups excluding carboxylic acids is 2. The summed E-state index contributed by atoms with van der Waals surface area (Å²) in [5.74, 6) is 1.59. The molecule has 0 N–H and O–H groups in total. The van der Waals surface area contributed by atoms with Gasteiger partial charge in [-0.15, -0.1) is 0 Å². The first-order chi connectivity index (χ1) is 8.08. The van der Waals surface area contributed by atoms with Crippen LogP contribution < -0.4 is 0 Å². The fourth-order valence-electron chi connectivity index (χ4n) is 2.15. The Bertz CT molecular complexity index is 284. The van der Waals surface area contributed by atoms with Crippen molar-refractivity contribution in [2.24, 2.45) is 5.92 Å². The van der Waals surface area contributed by atoms with Gasteiger partial charge in [-0.3, -0.25) is 9.59 Å². The maximum atomic E-state index is 11.7. The van der Waals surface area contributed by atoms with Gasteiger partial charge in [-0.25, -0.2) is 0 Å². The number of rotatable bonds is 6. The first-order valence-corrected chi connectivity index (χ1v) is 7.48. The lowest BCUT2D eigenvalue weighted by atomic mass is 10.1. The van der Waals surface area contributed by atoms with Gasteiger partial charge >= 0.3 is 0 Å². The molecule has 0 spiro atoms. The molecule has 0 radical (unpaired) electrons. The lowest BCUT2D eigenvalue weighted by Gasteiger charge is -2.21. The van der Waals surface area contributed by atoms with Crippen LogP contribution in [-0.2, 0) is 9.59 Å². The van der Waals surface area contributed by atoms with E-state index in [-0.39, 0.29) is 11.8 Å². The quantitative estimate of drug-likeness (QED) is 0.715. The molecule has 98 valence electrons. The highest BCUT2D eigenvalue weighted by molar-refractivity contribution is 7.98. The predicted octanol–water partition coefficient (Wildman–Crippen LogP) is 1.07. The van der Waals surface area contributed by atoms with E-state index in [1.807, 2.05) is 25.1 Å². The molecule has 1 rings (SSSR count). The third kappa shape index (κ3) is 4.22. The molecule has 1 saturated heterocycles. The first-order valence-electron chi connectivity index (χ1n) is 6.09. The number of thioether (sulfide) groups is 1. The van der Waals surface area contributed by atoms with E-state index < -0.39 is 0 Å². The molecular formula is C12H22N2O2S. The van der Waals surface area contributed by atoms with Gasteiger partial charge in [0.25, 0.3) is 0 Å². The van der Waals surface area contributed by atoms with Gasteiger partial charge in [0.1, 0.15) is 0 Å². The van der Waals surface area contributed by atoms with E-state index in [2.05, 4.69) is 0 Å². The van der Waals surface area contributed by atoms with Gasteiger partial charge in [0.15, 0.2) is 0 Å². The maximum absolute atomic E-state index is 11.7. The third-order valence-electron chi connectivity index (χ3n) is 3.15. The summed E-state index contributed by atoms with van der Waals surface area (Å²) in [5, 5.41) is 0. The van der Waals surface area contributed by atoms with Crippen molar-refractivity contribution in [1.82, 2.24) is 9.80 Å². The second-order valence-corrected chi connectivity index (χ2v) is 5.51. The van der Waals surface area contributed by atoms with Crippen LogP contribution in [0.5, 0.6) is 0 Å². The largest absolute Gasteiger partial charge is 0.345 e. The zero-order chi connectivity index (χ0) is 12.8. The summed E-state index contributed by atoms with van der Waals surface area (Å²) in [5.41, 5.74) is 0. The zero-order valence-electron chi connectivity index (χ0n) is 10.9. The first kappa shape index (κ1) is 14.4. The normalized spacial score (nSPS) is 19.8. The molecule has 1 fully saturated rings. The fourth-order valence-corrected chi connectivity index (χ4v) is 2.53. The molecule has 2 amide bonds. The van der Waals surface area contributed by atoms with Crippen molar-refractivity contribution in [3.05, 3.63) is 0 Å². The monoisotopic (exact) mass is 258 g/mol. The van der Waals surface area contributed by atoms with Gasteiger partial charge in [0, 0.05) is 51.2 Å². The predicted molar refractivity (Wildman–Crippen MR) is 71.0 cm³/mol. The Morgan fingerprint density at radius 3 is 2.82 bits per heavy atom. The number of carbonyl (C=O) groups is 2. The molecule has 0 aliphatic carbocycles. The molecule has 4 nitrogen and oxygen atoms in total. The Morgan fingerprint density at radius 1 is 1.59 bits per heavy atom. The molecular weight excluding hydrogens is 236 g/mol. The summed E-state index contributed by atoms with van der Waals surface area (Å²) in [6, 6.07) is 0. The van der Waals surface area contributed by atoms with Crippen molar-refractivity contribution in [2.45, 2.75) is 19.8 Å². The number of nitrogens with zero attached hydrogens (tertiary/aromatic N) is 2. The van der Waals surface area contributed by atoms with E-state index in [1.165, 1.54) is 0 Å². The van der Waals surface area contributed by atoms with Crippen LogP contribution in [0.25, 0.3) is 0 Å². The second-order valence-electron chi connectivity index (χ2n) is 4.52. The van der Waals surface area contributed by atoms with Crippen LogP contribution in [0, 0.1) is 5.92 Å². The van der Waals surface area contributed by atoms with E-state index in [4.69, 9.17) is 0 Å². The third-order valence-corrected chi connectivity index (χ3v) is 3.77. The zero-order valence-corrected chi connectivity index (χ0v) is 11.8. The summed E-state index contributed by atoms with van der Waals surface area (Å²) in [7, 11) is 1.84. The van der Waals surface area contributed by atoms with Crippen LogP contribution in [0.15, 0.2) is 0 Å². The minimum Gasteiger partial charge on any atom is -0.345 e. The van der Waals surface area contributed by atoms with Crippen molar-refractivity contribution in [3.8, 4) is 0 Å². The number of likely N-dealkylation sites (tertiary alicyclic amines) is 1. The molecule has 1 atom stereocenters. The van der Waals surface area contributed by atoms with Crippen LogP contribution in [0.3, 0.4) is 0 Å². The van der Waals surface area contributed by atoms with Gasteiger partial charge in [0.05, 0.1) is 0 Å². The van der Waals surface area contributed by atoms with E-state index >= 15 is 0 Å². The van der Waals surface area contributed by atoms with Crippen molar-refractivity contribution in [2.75, 3.05) is 38.7 Å². The highest BCUT2D eigenvalue weighted by Gasteiger charge is 2.29. The minimum absolute atomic E-state index is 0.182. The van der Waals surface area contributed by atoms with Crippen molar-refractivity contribution in [1.29, 1.82) is 0 Å². The molecule has 0 saturated carbocycles. The smallest absolute Gasteiger partial charge is 0.223 e. The number of hydrogen-bond donors (Lipinski definition) is 0. The van der Waals surface area contributed by atoms with Gasteiger partial charge in [-0.1, -0.05) is 0 Å². The van der Waals surface area contributed by atoms with Crippen LogP contribution in [0.1, 0.15) is 19.8 Å². The van der Waals surface area contributed by atoms with E-state index in [9.17, 15) is 9.59 Å². The second kappa shape index (κ2) is 6.89. The van der Waals surface area contributed by atoms with Crippen LogP contribution in [0.4, 0.5) is 0 Å². The van der Waals surface area contributed by atoms with E-state index in [1.54, 1.807) is 16.7 Å². The average molecular weight is 258 g/mol. The lowest BCUT2D eigenvalue weighted by molar-refractivity contribution is -0.130. The molecule has 1 aliphatic rings. The van der Waals surface area contributed by atoms with E-state index in [0.717, 1.165) is 18.8 Å². The molecule has 0 aromatic carbocycles. The number of amides is 2. The highest BCUT2D eigenvalue weighted by Crippen LogP contribution is 2.18. The van der Waals surface area contributed by atoms with Crippen LogP contribution in [0.2, 0.25) is 0 Å². The Morgan fingerprint density at radius 2 is 2.29 bits per heavy atom. The molecule has 17 heavy (non-hydrogen) atoms. The maximum Gasteiger partial charge on any atom is 0.223 e. The Kier molecular flexibility index (Phi) is 5.82. The molecule has 1 aliphatic heterocycles. The average Bonchev–Trinajstić information content (AvgIpc) is 2.66. The Hall–Kier alpha value is -0.710.